The molecule has 0 aliphatic rings. The summed E-state index contributed by atoms with van der Waals surface area (Å²) in [6, 6.07) is 10.2. The first-order valence-electron chi connectivity index (χ1n) is 6.64. The number of nitrogens with zero attached hydrogens (tertiary/aromatic N) is 3. The fraction of sp³-hybridized carbons (Fsp3) is 0.333. The molecule has 3 rings (SSSR count). The number of fused-ring (bicyclic) bond motifs is 3. The first-order valence-corrected chi connectivity index (χ1v) is 6.64. The number of hydrogen-bond donors (Lipinski definition) is 1. The van der Waals surface area contributed by atoms with Crippen LogP contribution in [-0.4, -0.2) is 21.6 Å². The van der Waals surface area contributed by atoms with E-state index in [1.807, 2.05) is 29.8 Å². The summed E-state index contributed by atoms with van der Waals surface area (Å²) in [5.74, 6) is 1.48. The maximum absolute atomic E-state index is 4.73. The second kappa shape index (κ2) is 4.53. The molecule has 0 aliphatic heterocycles. The zero-order valence-electron chi connectivity index (χ0n) is 11.5. The highest BCUT2D eigenvalue weighted by atomic mass is 15.2. The molecule has 0 amide bonds. The van der Waals surface area contributed by atoms with Crippen molar-refractivity contribution in [2.75, 3.05) is 12.4 Å². The van der Waals surface area contributed by atoms with E-state index in [9.17, 15) is 0 Å². The van der Waals surface area contributed by atoms with Gasteiger partial charge >= 0.3 is 0 Å². The van der Waals surface area contributed by atoms with E-state index in [0.717, 1.165) is 34.5 Å². The highest BCUT2D eigenvalue weighted by Crippen LogP contribution is 2.22. The van der Waals surface area contributed by atoms with E-state index >= 15 is 0 Å². The summed E-state index contributed by atoms with van der Waals surface area (Å²) in [5.41, 5.74) is 4.16. The SMILES string of the molecule is CNc1nc2ccccc2n2nc(CC(C)C)cc12. The van der Waals surface area contributed by atoms with Gasteiger partial charge in [-0.15, -0.1) is 0 Å². The van der Waals surface area contributed by atoms with Crippen LogP contribution in [0.3, 0.4) is 0 Å². The van der Waals surface area contributed by atoms with Gasteiger partial charge < -0.3 is 5.32 Å². The minimum absolute atomic E-state index is 0.599. The van der Waals surface area contributed by atoms with Crippen molar-refractivity contribution in [1.82, 2.24) is 14.6 Å². The Kier molecular flexibility index (Phi) is 2.85. The molecule has 4 heteroatoms. The summed E-state index contributed by atoms with van der Waals surface area (Å²) >= 11 is 0. The Morgan fingerprint density at radius 2 is 2.00 bits per heavy atom. The predicted octanol–water partition coefficient (Wildman–Crippen LogP) is 3.12. The van der Waals surface area contributed by atoms with Crippen LogP contribution in [0.2, 0.25) is 0 Å². The summed E-state index contributed by atoms with van der Waals surface area (Å²) in [6.45, 7) is 4.42. The van der Waals surface area contributed by atoms with Crippen LogP contribution in [0, 0.1) is 5.92 Å². The summed E-state index contributed by atoms with van der Waals surface area (Å²) in [5, 5.41) is 7.88. The molecule has 1 N–H and O–H groups in total. The second-order valence-electron chi connectivity index (χ2n) is 5.23. The zero-order chi connectivity index (χ0) is 13.4. The third kappa shape index (κ3) is 2.03. The van der Waals surface area contributed by atoms with Crippen LogP contribution in [0.15, 0.2) is 30.3 Å². The highest BCUT2D eigenvalue weighted by Gasteiger charge is 2.11. The van der Waals surface area contributed by atoms with Crippen LogP contribution >= 0.6 is 0 Å². The van der Waals surface area contributed by atoms with E-state index in [1.54, 1.807) is 0 Å². The molecule has 0 saturated heterocycles. The molecule has 1 aromatic carbocycles. The fourth-order valence-corrected chi connectivity index (χ4v) is 2.40. The van der Waals surface area contributed by atoms with Gasteiger partial charge in [-0.3, -0.25) is 0 Å². The number of nitrogens with one attached hydrogen (secondary N) is 1. The van der Waals surface area contributed by atoms with Gasteiger partial charge in [0.25, 0.3) is 0 Å². The van der Waals surface area contributed by atoms with Crippen LogP contribution in [0.1, 0.15) is 19.5 Å². The van der Waals surface area contributed by atoms with Gasteiger partial charge in [0.2, 0.25) is 0 Å². The molecule has 0 aliphatic carbocycles. The molecule has 2 heterocycles. The summed E-state index contributed by atoms with van der Waals surface area (Å²) in [4.78, 5) is 4.64. The first kappa shape index (κ1) is 12.0. The maximum atomic E-state index is 4.73. The quantitative estimate of drug-likeness (QED) is 0.781. The van der Waals surface area contributed by atoms with Gasteiger partial charge in [0.05, 0.1) is 16.7 Å². The molecule has 0 radical (unpaired) electrons. The molecule has 98 valence electrons. The highest BCUT2D eigenvalue weighted by molar-refractivity contribution is 5.84. The molecular formula is C15H18N4. The Morgan fingerprint density at radius 3 is 2.74 bits per heavy atom. The first-order chi connectivity index (χ1) is 9.19. The van der Waals surface area contributed by atoms with Gasteiger partial charge in [-0.1, -0.05) is 26.0 Å². The van der Waals surface area contributed by atoms with Crippen LogP contribution in [-0.2, 0) is 6.42 Å². The molecule has 0 saturated carbocycles. The Bertz CT molecular complexity index is 727. The van der Waals surface area contributed by atoms with E-state index in [1.165, 1.54) is 0 Å². The van der Waals surface area contributed by atoms with Crippen molar-refractivity contribution in [3.8, 4) is 0 Å². The van der Waals surface area contributed by atoms with Crippen LogP contribution < -0.4 is 5.32 Å². The van der Waals surface area contributed by atoms with E-state index in [-0.39, 0.29) is 0 Å². The van der Waals surface area contributed by atoms with Gasteiger partial charge in [-0.25, -0.2) is 9.50 Å². The Labute approximate surface area is 112 Å². The molecule has 0 spiro atoms. The fourth-order valence-electron chi connectivity index (χ4n) is 2.40. The van der Waals surface area contributed by atoms with Crippen LogP contribution in [0.4, 0.5) is 5.82 Å². The molecule has 0 bridgehead atoms. The Morgan fingerprint density at radius 1 is 1.21 bits per heavy atom. The van der Waals surface area contributed by atoms with Gasteiger partial charge in [0.15, 0.2) is 5.82 Å². The normalized spacial score (nSPS) is 11.6. The molecule has 19 heavy (non-hydrogen) atoms. The average molecular weight is 254 g/mol. The van der Waals surface area contributed by atoms with Crippen LogP contribution in [0.5, 0.6) is 0 Å². The number of benzene rings is 1. The average Bonchev–Trinajstić information content (AvgIpc) is 2.80. The van der Waals surface area contributed by atoms with Crippen molar-refractivity contribution in [3.05, 3.63) is 36.0 Å². The Hall–Kier alpha value is -2.10. The molecule has 2 aromatic heterocycles. The Balaban J connectivity index is 2.31. The summed E-state index contributed by atoms with van der Waals surface area (Å²) < 4.78 is 1.99. The topological polar surface area (TPSA) is 42.2 Å². The van der Waals surface area contributed by atoms with E-state index in [0.29, 0.717) is 5.92 Å². The third-order valence-corrected chi connectivity index (χ3v) is 3.20. The minimum Gasteiger partial charge on any atom is -0.371 e. The minimum atomic E-state index is 0.599. The molecular weight excluding hydrogens is 236 g/mol. The van der Waals surface area contributed by atoms with Gasteiger partial charge in [0.1, 0.15) is 5.52 Å². The second-order valence-corrected chi connectivity index (χ2v) is 5.23. The van der Waals surface area contributed by atoms with E-state index in [2.05, 4.69) is 36.3 Å². The lowest BCUT2D eigenvalue weighted by Crippen LogP contribution is -2.00. The number of rotatable bonds is 3. The largest absolute Gasteiger partial charge is 0.371 e. The summed E-state index contributed by atoms with van der Waals surface area (Å²) in [6.07, 6.45) is 0.985. The van der Waals surface area contributed by atoms with Crippen molar-refractivity contribution in [3.63, 3.8) is 0 Å². The molecule has 0 atom stereocenters. The predicted molar refractivity (Wildman–Crippen MR) is 78.6 cm³/mol. The van der Waals surface area contributed by atoms with E-state index < -0.39 is 0 Å². The van der Waals surface area contributed by atoms with Crippen molar-refractivity contribution in [2.45, 2.75) is 20.3 Å². The summed E-state index contributed by atoms with van der Waals surface area (Å²) in [7, 11) is 1.90. The lowest BCUT2D eigenvalue weighted by atomic mass is 10.1. The van der Waals surface area contributed by atoms with Crippen molar-refractivity contribution in [2.24, 2.45) is 5.92 Å². The lowest BCUT2D eigenvalue weighted by molar-refractivity contribution is 0.631. The molecule has 3 aromatic rings. The van der Waals surface area contributed by atoms with Crippen LogP contribution in [0.25, 0.3) is 16.6 Å². The third-order valence-electron chi connectivity index (χ3n) is 3.20. The van der Waals surface area contributed by atoms with Gasteiger partial charge in [0, 0.05) is 7.05 Å². The molecule has 0 unspecified atom stereocenters. The number of aromatic nitrogens is 3. The standard InChI is InChI=1S/C15H18N4/c1-10(2)8-11-9-14-15(16-3)17-12-6-4-5-7-13(12)19(14)18-11/h4-7,9-10H,8H2,1-3H3,(H,16,17). The maximum Gasteiger partial charge on any atom is 0.152 e. The van der Waals surface area contributed by atoms with Crippen molar-refractivity contribution >= 4 is 22.4 Å². The van der Waals surface area contributed by atoms with Gasteiger partial charge in [-0.2, -0.15) is 5.10 Å². The van der Waals surface area contributed by atoms with Crippen molar-refractivity contribution < 1.29 is 0 Å². The smallest absolute Gasteiger partial charge is 0.152 e. The lowest BCUT2D eigenvalue weighted by Gasteiger charge is -2.05. The monoisotopic (exact) mass is 254 g/mol. The molecule has 0 fully saturated rings. The van der Waals surface area contributed by atoms with E-state index in [4.69, 9.17) is 5.10 Å². The number of anilines is 1. The number of hydrogen-bond acceptors (Lipinski definition) is 3. The van der Waals surface area contributed by atoms with Gasteiger partial charge in [-0.05, 0) is 30.5 Å². The van der Waals surface area contributed by atoms with Crippen molar-refractivity contribution in [1.29, 1.82) is 0 Å². The number of para-hydroxylation sites is 2. The molecule has 4 nitrogen and oxygen atoms in total. The zero-order valence-corrected chi connectivity index (χ0v) is 11.5.